The van der Waals surface area contributed by atoms with Crippen LogP contribution in [0, 0.1) is 5.92 Å². The van der Waals surface area contributed by atoms with Crippen LogP contribution in [0.4, 0.5) is 0 Å². The highest BCUT2D eigenvalue weighted by atomic mass is 16.4. The first-order chi connectivity index (χ1) is 6.57. The van der Waals surface area contributed by atoms with Gasteiger partial charge in [-0.1, -0.05) is 13.3 Å². The third kappa shape index (κ3) is 2.05. The molecule has 0 aromatic rings. The summed E-state index contributed by atoms with van der Waals surface area (Å²) in [5.41, 5.74) is 0. The summed E-state index contributed by atoms with van der Waals surface area (Å²) in [7, 11) is 0. The summed E-state index contributed by atoms with van der Waals surface area (Å²) >= 11 is 0. The minimum Gasteiger partial charge on any atom is -0.480 e. The van der Waals surface area contributed by atoms with Crippen molar-refractivity contribution in [1.29, 1.82) is 0 Å². The molecule has 1 aliphatic heterocycles. The molecular weight excluding hydrogens is 182 g/mol. The smallest absolute Gasteiger partial charge is 0.326 e. The lowest BCUT2D eigenvalue weighted by Crippen LogP contribution is -2.42. The van der Waals surface area contributed by atoms with Crippen molar-refractivity contribution in [3.05, 3.63) is 0 Å². The van der Waals surface area contributed by atoms with Gasteiger partial charge >= 0.3 is 5.97 Å². The molecule has 0 bridgehead atoms. The number of rotatable bonds is 3. The third-order valence-corrected chi connectivity index (χ3v) is 2.84. The third-order valence-electron chi connectivity index (χ3n) is 2.84. The summed E-state index contributed by atoms with van der Waals surface area (Å²) in [5, 5.41) is 9.04. The normalized spacial score (nSPS) is 26.6. The topological polar surface area (TPSA) is 57.6 Å². The largest absolute Gasteiger partial charge is 0.480 e. The van der Waals surface area contributed by atoms with Crippen molar-refractivity contribution >= 4 is 11.9 Å². The lowest BCUT2D eigenvalue weighted by atomic mass is 9.95. The maximum atomic E-state index is 11.2. The Bertz CT molecular complexity index is 240. The second-order valence-electron chi connectivity index (χ2n) is 3.83. The van der Waals surface area contributed by atoms with E-state index in [1.54, 1.807) is 0 Å². The summed E-state index contributed by atoms with van der Waals surface area (Å²) in [5.74, 6) is -0.853. The van der Waals surface area contributed by atoms with Gasteiger partial charge in [0.25, 0.3) is 0 Å². The van der Waals surface area contributed by atoms with Gasteiger partial charge < -0.3 is 10.0 Å². The Hall–Kier alpha value is -1.06. The minimum atomic E-state index is -0.865. The van der Waals surface area contributed by atoms with E-state index < -0.39 is 12.0 Å². The Labute approximate surface area is 83.9 Å². The zero-order valence-electron chi connectivity index (χ0n) is 8.69. The molecule has 1 N–H and O–H groups in total. The quantitative estimate of drug-likeness (QED) is 0.740. The van der Waals surface area contributed by atoms with E-state index in [1.807, 2.05) is 6.92 Å². The molecule has 0 aromatic carbocycles. The second kappa shape index (κ2) is 4.44. The van der Waals surface area contributed by atoms with Gasteiger partial charge in [0, 0.05) is 13.5 Å². The number of hydrogen-bond donors (Lipinski definition) is 1. The first kappa shape index (κ1) is 11.0. The van der Waals surface area contributed by atoms with E-state index in [0.717, 1.165) is 19.3 Å². The van der Waals surface area contributed by atoms with Gasteiger partial charge in [-0.05, 0) is 18.8 Å². The van der Waals surface area contributed by atoms with Gasteiger partial charge in [-0.15, -0.1) is 0 Å². The van der Waals surface area contributed by atoms with Crippen LogP contribution in [0.5, 0.6) is 0 Å². The molecule has 0 spiro atoms. The minimum absolute atomic E-state index is 0.129. The van der Waals surface area contributed by atoms with Crippen LogP contribution in [-0.4, -0.2) is 34.5 Å². The SMILES string of the molecule is CCCC1CCN(C(C)=O)[C@@H]1C(=O)O. The van der Waals surface area contributed by atoms with Crippen molar-refractivity contribution in [2.75, 3.05) is 6.54 Å². The number of amides is 1. The summed E-state index contributed by atoms with van der Waals surface area (Å²) in [6.45, 7) is 4.07. The van der Waals surface area contributed by atoms with Crippen molar-refractivity contribution in [1.82, 2.24) is 4.90 Å². The van der Waals surface area contributed by atoms with Crippen LogP contribution in [0.25, 0.3) is 0 Å². The standard InChI is InChI=1S/C10H17NO3/c1-3-4-8-5-6-11(7(2)12)9(8)10(13)14/h8-9H,3-6H2,1-2H3,(H,13,14)/t8?,9-/m0/s1. The maximum absolute atomic E-state index is 11.2. The first-order valence-corrected chi connectivity index (χ1v) is 5.08. The molecule has 0 aliphatic carbocycles. The fraction of sp³-hybridized carbons (Fsp3) is 0.800. The monoisotopic (exact) mass is 199 g/mol. The summed E-state index contributed by atoms with van der Waals surface area (Å²) in [4.78, 5) is 23.7. The zero-order chi connectivity index (χ0) is 10.7. The van der Waals surface area contributed by atoms with E-state index in [9.17, 15) is 9.59 Å². The van der Waals surface area contributed by atoms with E-state index in [1.165, 1.54) is 11.8 Å². The number of carbonyl (C=O) groups excluding carboxylic acids is 1. The highest BCUT2D eigenvalue weighted by molar-refractivity contribution is 5.83. The highest BCUT2D eigenvalue weighted by Crippen LogP contribution is 2.28. The molecule has 1 saturated heterocycles. The van der Waals surface area contributed by atoms with Crippen LogP contribution in [0.3, 0.4) is 0 Å². The molecule has 1 heterocycles. The van der Waals surface area contributed by atoms with Crippen molar-refractivity contribution in [2.45, 2.75) is 39.2 Å². The second-order valence-corrected chi connectivity index (χ2v) is 3.83. The van der Waals surface area contributed by atoms with Gasteiger partial charge in [0.2, 0.25) is 5.91 Å². The van der Waals surface area contributed by atoms with E-state index in [0.29, 0.717) is 6.54 Å². The van der Waals surface area contributed by atoms with Crippen LogP contribution in [0.15, 0.2) is 0 Å². The van der Waals surface area contributed by atoms with Crippen LogP contribution in [0.1, 0.15) is 33.1 Å². The summed E-state index contributed by atoms with van der Waals surface area (Å²) in [6.07, 6.45) is 2.69. The Morgan fingerprint density at radius 2 is 2.14 bits per heavy atom. The van der Waals surface area contributed by atoms with E-state index in [-0.39, 0.29) is 11.8 Å². The number of hydrogen-bond acceptors (Lipinski definition) is 2. The summed E-state index contributed by atoms with van der Waals surface area (Å²) in [6, 6.07) is -0.590. The number of carboxylic acids is 1. The van der Waals surface area contributed by atoms with Crippen molar-refractivity contribution < 1.29 is 14.7 Å². The lowest BCUT2D eigenvalue weighted by Gasteiger charge is -2.23. The molecule has 4 nitrogen and oxygen atoms in total. The molecular formula is C10H17NO3. The molecule has 1 aliphatic rings. The molecule has 0 saturated carbocycles. The number of aliphatic carboxylic acids is 1. The predicted molar refractivity (Wildman–Crippen MR) is 51.8 cm³/mol. The average molecular weight is 199 g/mol. The number of carboxylic acid groups (broad SMARTS) is 1. The van der Waals surface area contributed by atoms with Gasteiger partial charge in [-0.25, -0.2) is 4.79 Å². The van der Waals surface area contributed by atoms with Crippen LogP contribution in [0.2, 0.25) is 0 Å². The Morgan fingerprint density at radius 1 is 1.50 bits per heavy atom. The molecule has 2 atom stereocenters. The van der Waals surface area contributed by atoms with Gasteiger partial charge in [-0.2, -0.15) is 0 Å². The maximum Gasteiger partial charge on any atom is 0.326 e. The van der Waals surface area contributed by atoms with Gasteiger partial charge in [0.05, 0.1) is 0 Å². The van der Waals surface area contributed by atoms with Crippen LogP contribution < -0.4 is 0 Å². The number of likely N-dealkylation sites (tertiary alicyclic amines) is 1. The first-order valence-electron chi connectivity index (χ1n) is 5.08. The zero-order valence-corrected chi connectivity index (χ0v) is 8.69. The Morgan fingerprint density at radius 3 is 2.57 bits per heavy atom. The number of carbonyl (C=O) groups is 2. The van der Waals surface area contributed by atoms with Gasteiger partial charge in [-0.3, -0.25) is 4.79 Å². The molecule has 1 unspecified atom stereocenters. The van der Waals surface area contributed by atoms with Gasteiger partial charge in [0.1, 0.15) is 6.04 Å². The molecule has 1 rings (SSSR count). The summed E-state index contributed by atoms with van der Waals surface area (Å²) < 4.78 is 0. The average Bonchev–Trinajstić information content (AvgIpc) is 2.48. The molecule has 4 heteroatoms. The van der Waals surface area contributed by atoms with Crippen LogP contribution in [-0.2, 0) is 9.59 Å². The molecule has 1 amide bonds. The molecule has 0 radical (unpaired) electrons. The molecule has 14 heavy (non-hydrogen) atoms. The van der Waals surface area contributed by atoms with E-state index in [2.05, 4.69) is 0 Å². The Kier molecular flexibility index (Phi) is 3.49. The lowest BCUT2D eigenvalue weighted by molar-refractivity contribution is -0.148. The van der Waals surface area contributed by atoms with Crippen LogP contribution >= 0.6 is 0 Å². The van der Waals surface area contributed by atoms with Crippen molar-refractivity contribution in [3.63, 3.8) is 0 Å². The fourth-order valence-electron chi connectivity index (χ4n) is 2.22. The molecule has 1 fully saturated rings. The predicted octanol–water partition coefficient (Wildman–Crippen LogP) is 1.11. The fourth-order valence-corrected chi connectivity index (χ4v) is 2.22. The molecule has 80 valence electrons. The number of nitrogens with zero attached hydrogens (tertiary/aromatic N) is 1. The van der Waals surface area contributed by atoms with Gasteiger partial charge in [0.15, 0.2) is 0 Å². The van der Waals surface area contributed by atoms with Crippen molar-refractivity contribution in [2.24, 2.45) is 5.92 Å². The van der Waals surface area contributed by atoms with E-state index in [4.69, 9.17) is 5.11 Å². The Balaban J connectivity index is 2.74. The molecule has 0 aromatic heterocycles. The van der Waals surface area contributed by atoms with E-state index >= 15 is 0 Å². The van der Waals surface area contributed by atoms with Crippen molar-refractivity contribution in [3.8, 4) is 0 Å². The highest BCUT2D eigenvalue weighted by Gasteiger charge is 2.39.